The fraction of sp³-hybridized carbons (Fsp3) is 0.444. The van der Waals surface area contributed by atoms with E-state index < -0.39 is 10.0 Å². The van der Waals surface area contributed by atoms with Crippen LogP contribution in [0.4, 0.5) is 0 Å². The van der Waals surface area contributed by atoms with Crippen LogP contribution in [0.5, 0.6) is 0 Å². The Morgan fingerprint density at radius 3 is 2.75 bits per heavy atom. The normalized spacial score (nSPS) is 11.7. The van der Waals surface area contributed by atoms with Crippen molar-refractivity contribution in [2.24, 2.45) is 0 Å². The summed E-state index contributed by atoms with van der Waals surface area (Å²) in [7, 11) is -3.64. The van der Waals surface area contributed by atoms with Crippen molar-refractivity contribution < 1.29 is 13.5 Å². The highest BCUT2D eigenvalue weighted by Gasteiger charge is 2.17. The average Bonchev–Trinajstić information content (AvgIpc) is 2.17. The summed E-state index contributed by atoms with van der Waals surface area (Å²) in [4.78, 5) is 3.82. The van der Waals surface area contributed by atoms with Crippen molar-refractivity contribution in [3.63, 3.8) is 0 Å². The molecule has 7 heteroatoms. The molecule has 0 saturated carbocycles. The summed E-state index contributed by atoms with van der Waals surface area (Å²) in [5.74, 6) is 0. The number of halogens is 1. The number of aryl methyl sites for hydroxylation is 1. The Morgan fingerprint density at radius 1 is 1.50 bits per heavy atom. The van der Waals surface area contributed by atoms with E-state index in [-0.39, 0.29) is 23.2 Å². The molecule has 0 spiro atoms. The van der Waals surface area contributed by atoms with E-state index in [1.807, 2.05) is 0 Å². The third-order valence-electron chi connectivity index (χ3n) is 1.87. The van der Waals surface area contributed by atoms with Gasteiger partial charge in [0.2, 0.25) is 10.0 Å². The lowest BCUT2D eigenvalue weighted by molar-refractivity contribution is 0.289. The summed E-state index contributed by atoms with van der Waals surface area (Å²) >= 11 is 5.75. The first-order chi connectivity index (χ1) is 7.47. The number of hydrogen-bond donors (Lipinski definition) is 2. The Kier molecular flexibility index (Phi) is 4.67. The van der Waals surface area contributed by atoms with Crippen molar-refractivity contribution in [1.82, 2.24) is 9.71 Å². The van der Waals surface area contributed by atoms with Gasteiger partial charge in [0, 0.05) is 18.8 Å². The Bertz CT molecular complexity index is 462. The summed E-state index contributed by atoms with van der Waals surface area (Å²) in [6.07, 6.45) is 0.357. The molecular formula is C9H13ClN2O3S. The van der Waals surface area contributed by atoms with Gasteiger partial charge in [-0.25, -0.2) is 18.1 Å². The van der Waals surface area contributed by atoms with Crippen LogP contribution in [-0.4, -0.2) is 31.7 Å². The van der Waals surface area contributed by atoms with Crippen LogP contribution in [0.3, 0.4) is 0 Å². The van der Waals surface area contributed by atoms with Crippen molar-refractivity contribution in [2.75, 3.05) is 13.2 Å². The Balaban J connectivity index is 2.90. The molecule has 5 nitrogen and oxygen atoms in total. The number of aromatic nitrogens is 1. The van der Waals surface area contributed by atoms with E-state index >= 15 is 0 Å². The molecule has 0 aromatic carbocycles. The van der Waals surface area contributed by atoms with Crippen LogP contribution in [0.1, 0.15) is 12.1 Å². The lowest BCUT2D eigenvalue weighted by atomic mass is 10.4. The molecule has 1 heterocycles. The molecule has 0 aliphatic rings. The lowest BCUT2D eigenvalue weighted by Crippen LogP contribution is -2.25. The third kappa shape index (κ3) is 3.41. The van der Waals surface area contributed by atoms with Crippen molar-refractivity contribution in [2.45, 2.75) is 18.2 Å². The quantitative estimate of drug-likeness (QED) is 0.606. The molecule has 16 heavy (non-hydrogen) atoms. The standard InChI is InChI=1S/C9H13ClN2O3S/c1-7-3-4-8(9(10)12-7)16(14,15)11-5-2-6-13/h3-4,11,13H,2,5-6H2,1H3. The number of aliphatic hydroxyl groups excluding tert-OH is 1. The molecular weight excluding hydrogens is 252 g/mol. The van der Waals surface area contributed by atoms with Gasteiger partial charge in [-0.05, 0) is 25.5 Å². The van der Waals surface area contributed by atoms with Crippen LogP contribution >= 0.6 is 11.6 Å². The summed E-state index contributed by atoms with van der Waals surface area (Å²) < 4.78 is 25.8. The number of nitrogens with one attached hydrogen (secondary N) is 1. The van der Waals surface area contributed by atoms with Crippen molar-refractivity contribution in [3.05, 3.63) is 23.0 Å². The second-order valence-corrected chi connectivity index (χ2v) is 5.31. The minimum Gasteiger partial charge on any atom is -0.396 e. The summed E-state index contributed by atoms with van der Waals surface area (Å²) in [5.41, 5.74) is 0.652. The van der Waals surface area contributed by atoms with Gasteiger partial charge < -0.3 is 5.11 Å². The van der Waals surface area contributed by atoms with E-state index in [2.05, 4.69) is 9.71 Å². The topological polar surface area (TPSA) is 79.3 Å². The van der Waals surface area contributed by atoms with Gasteiger partial charge in [-0.1, -0.05) is 11.6 Å². The minimum absolute atomic E-state index is 0.0438. The predicted octanol–water partition coefficient (Wildman–Crippen LogP) is 0.704. The van der Waals surface area contributed by atoms with Gasteiger partial charge in [0.05, 0.1) is 0 Å². The largest absolute Gasteiger partial charge is 0.396 e. The molecule has 0 fully saturated rings. The molecule has 0 radical (unpaired) electrons. The lowest BCUT2D eigenvalue weighted by Gasteiger charge is -2.07. The molecule has 2 N–H and O–H groups in total. The van der Waals surface area contributed by atoms with Gasteiger partial charge in [-0.3, -0.25) is 0 Å². The minimum atomic E-state index is -3.64. The van der Waals surface area contributed by atoms with Crippen molar-refractivity contribution in [3.8, 4) is 0 Å². The maximum atomic E-state index is 11.7. The fourth-order valence-electron chi connectivity index (χ4n) is 1.08. The molecule has 1 rings (SSSR count). The fourth-order valence-corrected chi connectivity index (χ4v) is 2.66. The van der Waals surface area contributed by atoms with E-state index in [0.29, 0.717) is 12.1 Å². The molecule has 1 aromatic heterocycles. The Hall–Kier alpha value is -0.690. The van der Waals surface area contributed by atoms with E-state index in [1.54, 1.807) is 13.0 Å². The average molecular weight is 265 g/mol. The van der Waals surface area contributed by atoms with Crippen molar-refractivity contribution >= 4 is 21.6 Å². The molecule has 90 valence electrons. The monoisotopic (exact) mass is 264 g/mol. The van der Waals surface area contributed by atoms with E-state index in [0.717, 1.165) is 0 Å². The first-order valence-electron chi connectivity index (χ1n) is 4.71. The van der Waals surface area contributed by atoms with Gasteiger partial charge >= 0.3 is 0 Å². The van der Waals surface area contributed by atoms with Gasteiger partial charge in [0.25, 0.3) is 0 Å². The second-order valence-electron chi connectivity index (χ2n) is 3.22. The number of hydrogen-bond acceptors (Lipinski definition) is 4. The van der Waals surface area contributed by atoms with Crippen LogP contribution in [-0.2, 0) is 10.0 Å². The number of nitrogens with zero attached hydrogens (tertiary/aromatic N) is 1. The summed E-state index contributed by atoms with van der Waals surface area (Å²) in [6.45, 7) is 1.83. The van der Waals surface area contributed by atoms with Crippen LogP contribution in [0.25, 0.3) is 0 Å². The maximum Gasteiger partial charge on any atom is 0.243 e. The van der Waals surface area contributed by atoms with E-state index in [4.69, 9.17) is 16.7 Å². The first-order valence-corrected chi connectivity index (χ1v) is 6.57. The summed E-state index contributed by atoms with van der Waals surface area (Å²) in [6, 6.07) is 2.98. The highest BCUT2D eigenvalue weighted by molar-refractivity contribution is 7.89. The zero-order chi connectivity index (χ0) is 12.2. The second kappa shape index (κ2) is 5.58. The first kappa shape index (κ1) is 13.4. The molecule has 0 bridgehead atoms. The molecule has 0 aliphatic heterocycles. The van der Waals surface area contributed by atoms with Gasteiger partial charge in [0.15, 0.2) is 0 Å². The zero-order valence-electron chi connectivity index (χ0n) is 8.77. The molecule has 0 aliphatic carbocycles. The highest BCUT2D eigenvalue weighted by Crippen LogP contribution is 2.18. The molecule has 0 unspecified atom stereocenters. The molecule has 0 saturated heterocycles. The third-order valence-corrected chi connectivity index (χ3v) is 3.76. The van der Waals surface area contributed by atoms with E-state index in [9.17, 15) is 8.42 Å². The molecule has 1 aromatic rings. The van der Waals surface area contributed by atoms with Crippen LogP contribution in [0.2, 0.25) is 5.15 Å². The summed E-state index contributed by atoms with van der Waals surface area (Å²) in [5, 5.41) is 8.51. The zero-order valence-corrected chi connectivity index (χ0v) is 10.3. The van der Waals surface area contributed by atoms with Crippen LogP contribution < -0.4 is 4.72 Å². The number of sulfonamides is 1. The van der Waals surface area contributed by atoms with Gasteiger partial charge in [-0.15, -0.1) is 0 Å². The SMILES string of the molecule is Cc1ccc(S(=O)(=O)NCCCO)c(Cl)n1. The number of rotatable bonds is 5. The predicted molar refractivity (Wildman–Crippen MR) is 60.9 cm³/mol. The van der Waals surface area contributed by atoms with E-state index in [1.165, 1.54) is 6.07 Å². The van der Waals surface area contributed by atoms with Gasteiger partial charge in [0.1, 0.15) is 10.0 Å². The maximum absolute atomic E-state index is 11.7. The highest BCUT2D eigenvalue weighted by atomic mass is 35.5. The van der Waals surface area contributed by atoms with Crippen molar-refractivity contribution in [1.29, 1.82) is 0 Å². The smallest absolute Gasteiger partial charge is 0.243 e. The Morgan fingerprint density at radius 2 is 2.19 bits per heavy atom. The Labute approximate surface area is 99.5 Å². The molecule has 0 atom stereocenters. The number of aliphatic hydroxyl groups is 1. The van der Waals surface area contributed by atoms with Gasteiger partial charge in [-0.2, -0.15) is 0 Å². The molecule has 0 amide bonds. The van der Waals surface area contributed by atoms with Crippen LogP contribution in [0, 0.1) is 6.92 Å². The van der Waals surface area contributed by atoms with Crippen LogP contribution in [0.15, 0.2) is 17.0 Å². The number of pyridine rings is 1.